The van der Waals surface area contributed by atoms with E-state index in [1.165, 1.54) is 12.1 Å². The molecule has 1 heterocycles. The number of phenolic OH excluding ortho intramolecular Hbond substituents is 2. The Bertz CT molecular complexity index is 1100. The number of hydrogen-bond donors (Lipinski definition) is 3. The summed E-state index contributed by atoms with van der Waals surface area (Å²) in [5.41, 5.74) is 1.74. The zero-order valence-electron chi connectivity index (χ0n) is 16.3. The third kappa shape index (κ3) is 3.71. The Morgan fingerprint density at radius 3 is 2.32 bits per heavy atom. The lowest BCUT2D eigenvalue weighted by molar-refractivity contribution is -0.115. The van der Waals surface area contributed by atoms with Gasteiger partial charge in [-0.3, -0.25) is 4.79 Å². The highest BCUT2D eigenvalue weighted by atomic mass is 16.4. The molecule has 2 aromatic carbocycles. The lowest BCUT2D eigenvalue weighted by Crippen LogP contribution is -2.20. The van der Waals surface area contributed by atoms with Crippen molar-refractivity contribution in [1.29, 1.82) is 0 Å². The van der Waals surface area contributed by atoms with Crippen LogP contribution >= 0.6 is 0 Å². The van der Waals surface area contributed by atoms with Gasteiger partial charge in [0.1, 0.15) is 0 Å². The average Bonchev–Trinajstić information content (AvgIpc) is 2.62. The third-order valence-corrected chi connectivity index (χ3v) is 4.78. The number of nitrogens with one attached hydrogen (secondary N) is 1. The standard InChI is InChI=1S/C22H23NO5/c1-12-15-9-10-17(24)19(26)20(15)28-21(27)16(12)11-18(25)23-14-7-5-13(6-8-14)22(2,3)4/h5-10,24,26H,11H2,1-4H3,(H,23,25). The number of aryl methyl sites for hydroxylation is 1. The molecule has 0 aliphatic carbocycles. The number of rotatable bonds is 3. The number of amides is 1. The molecule has 0 saturated heterocycles. The summed E-state index contributed by atoms with van der Waals surface area (Å²) in [6.45, 7) is 8.01. The molecular formula is C22H23NO5. The van der Waals surface area contributed by atoms with Gasteiger partial charge in [0.2, 0.25) is 11.7 Å². The molecule has 3 rings (SSSR count). The van der Waals surface area contributed by atoms with E-state index in [0.717, 1.165) is 5.56 Å². The summed E-state index contributed by atoms with van der Waals surface area (Å²) in [5, 5.41) is 22.7. The molecule has 28 heavy (non-hydrogen) atoms. The third-order valence-electron chi connectivity index (χ3n) is 4.78. The van der Waals surface area contributed by atoms with E-state index in [1.54, 1.807) is 6.92 Å². The van der Waals surface area contributed by atoms with Gasteiger partial charge in [0, 0.05) is 11.1 Å². The fourth-order valence-corrected chi connectivity index (χ4v) is 3.05. The van der Waals surface area contributed by atoms with E-state index >= 15 is 0 Å². The monoisotopic (exact) mass is 381 g/mol. The Labute approximate surface area is 162 Å². The number of carbonyl (C=O) groups is 1. The highest BCUT2D eigenvalue weighted by molar-refractivity contribution is 5.94. The molecule has 3 aromatic rings. The second-order valence-electron chi connectivity index (χ2n) is 7.86. The molecule has 0 radical (unpaired) electrons. The van der Waals surface area contributed by atoms with Crippen molar-refractivity contribution >= 4 is 22.6 Å². The Hall–Kier alpha value is -3.28. The summed E-state index contributed by atoms with van der Waals surface area (Å²) >= 11 is 0. The van der Waals surface area contributed by atoms with Crippen LogP contribution in [0.25, 0.3) is 11.0 Å². The van der Waals surface area contributed by atoms with Gasteiger partial charge in [0.15, 0.2) is 11.3 Å². The van der Waals surface area contributed by atoms with Gasteiger partial charge in [-0.1, -0.05) is 32.9 Å². The molecule has 0 atom stereocenters. The Morgan fingerprint density at radius 1 is 1.07 bits per heavy atom. The molecule has 1 amide bonds. The van der Waals surface area contributed by atoms with Crippen LogP contribution in [0.2, 0.25) is 0 Å². The predicted octanol–water partition coefficient (Wildman–Crippen LogP) is 3.99. The highest BCUT2D eigenvalue weighted by Gasteiger charge is 2.18. The molecule has 0 aliphatic rings. The fourth-order valence-electron chi connectivity index (χ4n) is 3.05. The van der Waals surface area contributed by atoms with Gasteiger partial charge in [-0.05, 0) is 47.7 Å². The maximum atomic E-state index is 12.4. The van der Waals surface area contributed by atoms with E-state index in [4.69, 9.17) is 4.42 Å². The van der Waals surface area contributed by atoms with Crippen LogP contribution in [-0.4, -0.2) is 16.1 Å². The molecule has 0 saturated carbocycles. The smallest absolute Gasteiger partial charge is 0.340 e. The van der Waals surface area contributed by atoms with E-state index in [1.807, 2.05) is 24.3 Å². The first-order valence-electron chi connectivity index (χ1n) is 8.95. The van der Waals surface area contributed by atoms with Gasteiger partial charge >= 0.3 is 5.63 Å². The summed E-state index contributed by atoms with van der Waals surface area (Å²) in [6.07, 6.45) is -0.160. The van der Waals surface area contributed by atoms with Crippen molar-refractivity contribution in [2.24, 2.45) is 0 Å². The van der Waals surface area contributed by atoms with Crippen LogP contribution in [0.15, 0.2) is 45.6 Å². The molecule has 1 aromatic heterocycles. The van der Waals surface area contributed by atoms with Crippen molar-refractivity contribution in [3.63, 3.8) is 0 Å². The zero-order valence-corrected chi connectivity index (χ0v) is 16.3. The molecule has 146 valence electrons. The van der Waals surface area contributed by atoms with Gasteiger partial charge in [-0.15, -0.1) is 0 Å². The predicted molar refractivity (Wildman–Crippen MR) is 108 cm³/mol. The van der Waals surface area contributed by atoms with Gasteiger partial charge < -0.3 is 19.9 Å². The van der Waals surface area contributed by atoms with Crippen LogP contribution in [0.5, 0.6) is 11.5 Å². The van der Waals surface area contributed by atoms with Gasteiger partial charge in [-0.2, -0.15) is 0 Å². The van der Waals surface area contributed by atoms with Crippen LogP contribution in [-0.2, 0) is 16.6 Å². The van der Waals surface area contributed by atoms with E-state index in [-0.39, 0.29) is 34.6 Å². The SMILES string of the molecule is Cc1c(CC(=O)Nc2ccc(C(C)(C)C)cc2)c(=O)oc2c(O)c(O)ccc12. The van der Waals surface area contributed by atoms with Crippen molar-refractivity contribution < 1.29 is 19.4 Å². The number of phenols is 2. The Kier molecular flexibility index (Phi) is 4.89. The summed E-state index contributed by atoms with van der Waals surface area (Å²) in [6, 6.07) is 10.4. The topological polar surface area (TPSA) is 99.8 Å². The average molecular weight is 381 g/mol. The quantitative estimate of drug-likeness (QED) is 0.470. The normalized spacial score (nSPS) is 11.6. The van der Waals surface area contributed by atoms with Gasteiger partial charge in [0.25, 0.3) is 0 Å². The lowest BCUT2D eigenvalue weighted by Gasteiger charge is -2.19. The first-order chi connectivity index (χ1) is 13.1. The largest absolute Gasteiger partial charge is 0.504 e. The number of carbonyl (C=O) groups excluding carboxylic acids is 1. The zero-order chi connectivity index (χ0) is 20.6. The number of aromatic hydroxyl groups is 2. The first-order valence-corrected chi connectivity index (χ1v) is 8.95. The van der Waals surface area contributed by atoms with Crippen molar-refractivity contribution in [2.75, 3.05) is 5.32 Å². The summed E-state index contributed by atoms with van der Waals surface area (Å²) in [5.74, 6) is -1.21. The minimum atomic E-state index is -0.718. The minimum absolute atomic E-state index is 0.0176. The van der Waals surface area contributed by atoms with Gasteiger partial charge in [-0.25, -0.2) is 4.79 Å². The maximum Gasteiger partial charge on any atom is 0.340 e. The highest BCUT2D eigenvalue weighted by Crippen LogP contribution is 2.34. The maximum absolute atomic E-state index is 12.4. The van der Waals surface area contributed by atoms with Crippen LogP contribution in [0.3, 0.4) is 0 Å². The van der Waals surface area contributed by atoms with Crippen molar-refractivity contribution in [3.8, 4) is 11.5 Å². The molecule has 6 heteroatoms. The summed E-state index contributed by atoms with van der Waals surface area (Å²) < 4.78 is 5.14. The molecule has 3 N–H and O–H groups in total. The Balaban J connectivity index is 1.85. The first kappa shape index (κ1) is 19.5. The molecular weight excluding hydrogens is 358 g/mol. The number of benzene rings is 2. The van der Waals surface area contributed by atoms with E-state index in [9.17, 15) is 19.8 Å². The number of hydrogen-bond acceptors (Lipinski definition) is 5. The second-order valence-corrected chi connectivity index (χ2v) is 7.86. The lowest BCUT2D eigenvalue weighted by atomic mass is 9.87. The van der Waals surface area contributed by atoms with Crippen LogP contribution in [0, 0.1) is 6.92 Å². The Morgan fingerprint density at radius 2 is 1.71 bits per heavy atom. The van der Waals surface area contributed by atoms with E-state index < -0.39 is 11.4 Å². The molecule has 0 fully saturated rings. The van der Waals surface area contributed by atoms with Crippen LogP contribution in [0.4, 0.5) is 5.69 Å². The molecule has 0 bridgehead atoms. The minimum Gasteiger partial charge on any atom is -0.504 e. The molecule has 0 unspecified atom stereocenters. The molecule has 0 aliphatic heterocycles. The van der Waals surface area contributed by atoms with Crippen LogP contribution in [0.1, 0.15) is 37.5 Å². The number of anilines is 1. The summed E-state index contributed by atoms with van der Waals surface area (Å²) in [4.78, 5) is 24.8. The van der Waals surface area contributed by atoms with E-state index in [2.05, 4.69) is 26.1 Å². The summed E-state index contributed by atoms with van der Waals surface area (Å²) in [7, 11) is 0. The molecule has 6 nitrogen and oxygen atoms in total. The number of fused-ring (bicyclic) bond motifs is 1. The molecule has 0 spiro atoms. The van der Waals surface area contributed by atoms with Crippen molar-refractivity contribution in [3.05, 3.63) is 63.5 Å². The van der Waals surface area contributed by atoms with E-state index in [0.29, 0.717) is 16.6 Å². The second kappa shape index (κ2) is 7.03. The fraction of sp³-hybridized carbons (Fsp3) is 0.273. The van der Waals surface area contributed by atoms with Crippen molar-refractivity contribution in [1.82, 2.24) is 0 Å². The van der Waals surface area contributed by atoms with Gasteiger partial charge in [0.05, 0.1) is 12.0 Å². The van der Waals surface area contributed by atoms with Crippen molar-refractivity contribution in [2.45, 2.75) is 39.5 Å². The van der Waals surface area contributed by atoms with Crippen LogP contribution < -0.4 is 10.9 Å².